The topological polar surface area (TPSA) is 85.8 Å². The molecular weight excluding hydrogens is 346 g/mol. The zero-order valence-corrected chi connectivity index (χ0v) is 14.5. The number of rotatable bonds is 7. The third-order valence-corrected chi connectivity index (χ3v) is 4.85. The molecule has 0 spiro atoms. The number of anilines is 1. The van der Waals surface area contributed by atoms with Crippen LogP contribution < -0.4 is 5.32 Å². The Morgan fingerprint density at radius 2 is 2.46 bits per heavy atom. The summed E-state index contributed by atoms with van der Waals surface area (Å²) in [6.45, 7) is 6.09. The first-order valence-electron chi connectivity index (χ1n) is 7.14. The summed E-state index contributed by atoms with van der Waals surface area (Å²) in [5, 5.41) is 13.8. The molecule has 0 radical (unpaired) electrons. The lowest BCUT2D eigenvalue weighted by atomic mass is 10.4. The maximum absolute atomic E-state index is 12.3. The van der Waals surface area contributed by atoms with Crippen LogP contribution in [0.5, 0.6) is 0 Å². The fourth-order valence-electron chi connectivity index (χ4n) is 1.96. The monoisotopic (exact) mass is 361 g/mol. The fourth-order valence-corrected chi connectivity index (χ4v) is 3.35. The maximum atomic E-state index is 12.3. The van der Waals surface area contributed by atoms with Crippen molar-refractivity contribution in [2.75, 3.05) is 5.32 Å². The molecule has 0 aliphatic heterocycles. The summed E-state index contributed by atoms with van der Waals surface area (Å²) < 4.78 is 7.25. The van der Waals surface area contributed by atoms with Crippen molar-refractivity contribution in [1.29, 1.82) is 0 Å². The summed E-state index contributed by atoms with van der Waals surface area (Å²) in [5.74, 6) is 1.09. The zero-order valence-electron chi connectivity index (χ0n) is 12.9. The predicted molar refractivity (Wildman–Crippen MR) is 94.0 cm³/mol. The number of amides is 1. The Morgan fingerprint density at radius 3 is 3.12 bits per heavy atom. The summed E-state index contributed by atoms with van der Waals surface area (Å²) in [7, 11) is 0. The lowest BCUT2D eigenvalue weighted by molar-refractivity contribution is -0.115. The van der Waals surface area contributed by atoms with Crippen LogP contribution in [0.25, 0.3) is 11.6 Å². The Balaban J connectivity index is 1.76. The van der Waals surface area contributed by atoms with Crippen molar-refractivity contribution in [3.05, 3.63) is 42.6 Å². The largest absolute Gasteiger partial charge is 0.461 e. The number of carbonyl (C=O) groups is 1. The van der Waals surface area contributed by atoms with Crippen LogP contribution in [0.3, 0.4) is 0 Å². The molecule has 0 aromatic carbocycles. The molecule has 0 aliphatic carbocycles. The molecule has 0 saturated heterocycles. The van der Waals surface area contributed by atoms with Crippen LogP contribution in [0.15, 0.2) is 52.2 Å². The van der Waals surface area contributed by atoms with E-state index in [-0.39, 0.29) is 11.2 Å². The van der Waals surface area contributed by atoms with E-state index in [1.165, 1.54) is 23.1 Å². The molecule has 0 fully saturated rings. The molecule has 0 saturated carbocycles. The highest BCUT2D eigenvalue weighted by molar-refractivity contribution is 8.00. The van der Waals surface area contributed by atoms with Gasteiger partial charge in [0.25, 0.3) is 0 Å². The lowest BCUT2D eigenvalue weighted by Crippen LogP contribution is -2.22. The molecule has 3 aromatic rings. The van der Waals surface area contributed by atoms with E-state index in [0.717, 1.165) is 0 Å². The van der Waals surface area contributed by atoms with Crippen LogP contribution in [0.4, 0.5) is 5.13 Å². The van der Waals surface area contributed by atoms with E-state index >= 15 is 0 Å². The van der Waals surface area contributed by atoms with Gasteiger partial charge in [0.2, 0.25) is 11.7 Å². The SMILES string of the molecule is C=CCn1c(SC(C)C(=O)Nc2nccs2)nnc1-c1ccco1. The first kappa shape index (κ1) is 16.5. The van der Waals surface area contributed by atoms with Crippen LogP contribution in [0.1, 0.15) is 6.92 Å². The smallest absolute Gasteiger partial charge is 0.239 e. The van der Waals surface area contributed by atoms with Crippen LogP contribution in [-0.2, 0) is 11.3 Å². The summed E-state index contributed by atoms with van der Waals surface area (Å²) >= 11 is 2.70. The molecule has 7 nitrogen and oxygen atoms in total. The molecule has 1 amide bonds. The number of hydrogen-bond donors (Lipinski definition) is 1. The molecule has 3 rings (SSSR count). The molecule has 3 heterocycles. The van der Waals surface area contributed by atoms with Crippen molar-refractivity contribution in [2.45, 2.75) is 23.9 Å². The second-order valence-corrected chi connectivity index (χ2v) is 6.97. The Morgan fingerprint density at radius 1 is 1.58 bits per heavy atom. The number of nitrogens with one attached hydrogen (secondary N) is 1. The maximum Gasteiger partial charge on any atom is 0.239 e. The van der Waals surface area contributed by atoms with E-state index in [1.807, 2.05) is 22.9 Å². The highest BCUT2D eigenvalue weighted by Crippen LogP contribution is 2.27. The van der Waals surface area contributed by atoms with Gasteiger partial charge in [0.1, 0.15) is 0 Å². The number of nitrogens with zero attached hydrogens (tertiary/aromatic N) is 4. The summed E-state index contributed by atoms with van der Waals surface area (Å²) in [5.41, 5.74) is 0. The van der Waals surface area contributed by atoms with Crippen molar-refractivity contribution < 1.29 is 9.21 Å². The Kier molecular flexibility index (Phi) is 5.11. The molecule has 0 bridgehead atoms. The molecule has 0 aliphatic rings. The van der Waals surface area contributed by atoms with Crippen LogP contribution in [0, 0.1) is 0 Å². The molecule has 1 atom stereocenters. The van der Waals surface area contributed by atoms with E-state index in [1.54, 1.807) is 24.6 Å². The number of allylic oxidation sites excluding steroid dienone is 1. The van der Waals surface area contributed by atoms with E-state index in [0.29, 0.717) is 28.4 Å². The normalized spacial score (nSPS) is 12.0. The summed E-state index contributed by atoms with van der Waals surface area (Å²) in [4.78, 5) is 16.3. The zero-order chi connectivity index (χ0) is 16.9. The Labute approximate surface area is 146 Å². The minimum Gasteiger partial charge on any atom is -0.461 e. The standard InChI is InChI=1S/C15H15N5O2S2/c1-3-7-20-12(11-5-4-8-22-11)18-19-15(20)24-10(2)13(21)17-14-16-6-9-23-14/h3-6,8-10H,1,7H2,2H3,(H,16,17,21). The second-order valence-electron chi connectivity index (χ2n) is 4.77. The molecule has 124 valence electrons. The van der Waals surface area contributed by atoms with Gasteiger partial charge in [0.05, 0.1) is 11.5 Å². The van der Waals surface area contributed by atoms with Gasteiger partial charge in [-0.25, -0.2) is 4.98 Å². The minimum atomic E-state index is -0.355. The average molecular weight is 361 g/mol. The van der Waals surface area contributed by atoms with Gasteiger partial charge in [-0.15, -0.1) is 28.1 Å². The predicted octanol–water partition coefficient (Wildman–Crippen LogP) is 3.30. The highest BCUT2D eigenvalue weighted by Gasteiger charge is 2.21. The third-order valence-electron chi connectivity index (χ3n) is 3.08. The lowest BCUT2D eigenvalue weighted by Gasteiger charge is -2.11. The van der Waals surface area contributed by atoms with E-state index in [9.17, 15) is 4.79 Å². The second kappa shape index (κ2) is 7.45. The number of carbonyl (C=O) groups excluding carboxylic acids is 1. The molecular formula is C15H15N5O2S2. The van der Waals surface area contributed by atoms with Gasteiger partial charge in [0.15, 0.2) is 16.0 Å². The van der Waals surface area contributed by atoms with E-state index < -0.39 is 0 Å². The van der Waals surface area contributed by atoms with Gasteiger partial charge >= 0.3 is 0 Å². The van der Waals surface area contributed by atoms with E-state index in [4.69, 9.17) is 4.42 Å². The summed E-state index contributed by atoms with van der Waals surface area (Å²) in [6.07, 6.45) is 4.98. The van der Waals surface area contributed by atoms with Gasteiger partial charge in [0, 0.05) is 18.1 Å². The van der Waals surface area contributed by atoms with Crippen molar-refractivity contribution in [3.8, 4) is 11.6 Å². The quantitative estimate of drug-likeness (QED) is 0.513. The number of aromatic nitrogens is 4. The number of hydrogen-bond acceptors (Lipinski definition) is 7. The third kappa shape index (κ3) is 3.57. The van der Waals surface area contributed by atoms with Crippen molar-refractivity contribution in [2.24, 2.45) is 0 Å². The fraction of sp³-hybridized carbons (Fsp3) is 0.200. The minimum absolute atomic E-state index is 0.136. The van der Waals surface area contributed by atoms with Crippen molar-refractivity contribution in [3.63, 3.8) is 0 Å². The van der Waals surface area contributed by atoms with Gasteiger partial charge in [-0.2, -0.15) is 0 Å². The Hall–Kier alpha value is -2.39. The van der Waals surface area contributed by atoms with Crippen molar-refractivity contribution in [1.82, 2.24) is 19.7 Å². The number of furan rings is 1. The summed E-state index contributed by atoms with van der Waals surface area (Å²) in [6, 6.07) is 3.61. The van der Waals surface area contributed by atoms with E-state index in [2.05, 4.69) is 27.1 Å². The average Bonchev–Trinajstić information content (AvgIpc) is 3.30. The van der Waals surface area contributed by atoms with Crippen LogP contribution >= 0.6 is 23.1 Å². The van der Waals surface area contributed by atoms with Gasteiger partial charge in [-0.05, 0) is 19.1 Å². The highest BCUT2D eigenvalue weighted by atomic mass is 32.2. The number of thiazole rings is 1. The van der Waals surface area contributed by atoms with Gasteiger partial charge in [-0.1, -0.05) is 17.8 Å². The number of thioether (sulfide) groups is 1. The molecule has 3 aromatic heterocycles. The molecule has 24 heavy (non-hydrogen) atoms. The van der Waals surface area contributed by atoms with Crippen molar-refractivity contribution >= 4 is 34.1 Å². The molecule has 1 N–H and O–H groups in total. The molecule has 9 heteroatoms. The first-order chi connectivity index (χ1) is 11.7. The first-order valence-corrected chi connectivity index (χ1v) is 8.90. The van der Waals surface area contributed by atoms with Gasteiger partial charge < -0.3 is 9.73 Å². The van der Waals surface area contributed by atoms with Crippen LogP contribution in [0.2, 0.25) is 0 Å². The molecule has 1 unspecified atom stereocenters. The Bertz CT molecular complexity index is 811. The van der Waals surface area contributed by atoms with Gasteiger partial charge in [-0.3, -0.25) is 9.36 Å². The van der Waals surface area contributed by atoms with Crippen LogP contribution in [-0.4, -0.2) is 30.9 Å².